The van der Waals surface area contributed by atoms with Gasteiger partial charge in [0.25, 0.3) is 0 Å². The summed E-state index contributed by atoms with van der Waals surface area (Å²) in [5.41, 5.74) is 0.608. The number of fused-ring (bicyclic) bond motifs is 2. The minimum absolute atomic E-state index is 0.0282. The zero-order chi connectivity index (χ0) is 31.2. The second-order valence-corrected chi connectivity index (χ2v) is 17.1. The third-order valence-corrected chi connectivity index (χ3v) is 15.5. The molecule has 0 aliphatic heterocycles. The molecular formula is C38H43NO4S2. The lowest BCUT2D eigenvalue weighted by Gasteiger charge is -2.71. The molecule has 8 unspecified atom stereocenters. The van der Waals surface area contributed by atoms with Gasteiger partial charge < -0.3 is 14.9 Å². The van der Waals surface area contributed by atoms with Crippen molar-refractivity contribution in [2.75, 3.05) is 12.4 Å². The lowest BCUT2D eigenvalue weighted by atomic mass is 9.32. The molecule has 8 atom stereocenters. The number of carbonyl (C=O) groups excluding carboxylic acids is 1. The van der Waals surface area contributed by atoms with Gasteiger partial charge in [0.05, 0.1) is 28.5 Å². The van der Waals surface area contributed by atoms with E-state index in [0.29, 0.717) is 24.7 Å². The van der Waals surface area contributed by atoms with Gasteiger partial charge in [-0.2, -0.15) is 0 Å². The third kappa shape index (κ3) is 4.06. The summed E-state index contributed by atoms with van der Waals surface area (Å²) in [6.07, 6.45) is 12.7. The highest BCUT2D eigenvalue weighted by atomic mass is 32.2. The van der Waals surface area contributed by atoms with E-state index in [9.17, 15) is 15.0 Å². The van der Waals surface area contributed by atoms with Crippen molar-refractivity contribution >= 4 is 39.1 Å². The number of carbonyl (C=O) groups is 1. The molecule has 2 N–H and O–H groups in total. The maximum absolute atomic E-state index is 14.6. The van der Waals surface area contributed by atoms with Crippen molar-refractivity contribution in [3.05, 3.63) is 77.9 Å². The van der Waals surface area contributed by atoms with Gasteiger partial charge in [0.2, 0.25) is 0 Å². The Morgan fingerprint density at radius 1 is 1.02 bits per heavy atom. The molecule has 5 nitrogen and oxygen atoms in total. The smallest absolute Gasteiger partial charge is 0.189 e. The Morgan fingerprint density at radius 3 is 2.58 bits per heavy atom. The summed E-state index contributed by atoms with van der Waals surface area (Å²) in [6, 6.07) is 15.8. The Balaban J connectivity index is 1.16. The molecule has 45 heavy (non-hydrogen) atoms. The van der Waals surface area contributed by atoms with E-state index in [1.165, 1.54) is 0 Å². The lowest BCUT2D eigenvalue weighted by molar-refractivity contribution is -0.166. The van der Waals surface area contributed by atoms with Crippen LogP contribution in [0.3, 0.4) is 0 Å². The van der Waals surface area contributed by atoms with Crippen molar-refractivity contribution in [2.24, 2.45) is 33.5 Å². The van der Waals surface area contributed by atoms with Crippen molar-refractivity contribution < 1.29 is 19.7 Å². The summed E-state index contributed by atoms with van der Waals surface area (Å²) in [6.45, 7) is 7.37. The summed E-state index contributed by atoms with van der Waals surface area (Å²) in [4.78, 5) is 19.5. The number of nitrogens with zero attached hydrogens (tertiary/aromatic N) is 1. The van der Waals surface area contributed by atoms with Crippen LogP contribution in [-0.2, 0) is 0 Å². The summed E-state index contributed by atoms with van der Waals surface area (Å²) >= 11 is 3.34. The molecule has 1 aromatic heterocycles. The molecule has 1 heterocycles. The minimum Gasteiger partial charge on any atom is -0.494 e. The highest BCUT2D eigenvalue weighted by Gasteiger charge is 2.74. The van der Waals surface area contributed by atoms with Crippen LogP contribution in [0, 0.1) is 33.5 Å². The van der Waals surface area contributed by atoms with Gasteiger partial charge in [-0.3, -0.25) is 4.79 Å². The molecule has 0 saturated heterocycles. The lowest BCUT2D eigenvalue weighted by Crippen LogP contribution is -2.67. The normalized spacial score (nSPS) is 39.7. The number of aromatic nitrogens is 1. The first-order valence-corrected chi connectivity index (χ1v) is 18.5. The predicted octanol–water partition coefficient (Wildman–Crippen LogP) is 8.26. The SMILES string of the molecule is CCOc1ccc2nc(SCC3(O)CCC4C56C=CC7(C=C5C(=O)c5ccccc5)CC(O)CCC7(C)C6CCC43C)sc2c1. The van der Waals surface area contributed by atoms with Gasteiger partial charge in [0.1, 0.15) is 5.75 Å². The topological polar surface area (TPSA) is 79.7 Å². The number of Topliss-reactive ketones (excluding diaryl/α,β-unsaturated/α-hetero) is 1. The second kappa shape index (κ2) is 10.3. The fraction of sp³-hybridized carbons (Fsp3) is 0.526. The maximum Gasteiger partial charge on any atom is 0.189 e. The average molecular weight is 642 g/mol. The van der Waals surface area contributed by atoms with E-state index in [-0.39, 0.29) is 34.1 Å². The Morgan fingerprint density at radius 2 is 1.78 bits per heavy atom. The number of ether oxygens (including phenoxy) is 1. The van der Waals surface area contributed by atoms with E-state index in [1.807, 2.05) is 49.4 Å². The zero-order valence-corrected chi connectivity index (χ0v) is 28.1. The van der Waals surface area contributed by atoms with E-state index in [2.05, 4.69) is 38.1 Å². The Hall–Kier alpha value is -2.45. The number of thioether (sulfide) groups is 1. The van der Waals surface area contributed by atoms with Crippen molar-refractivity contribution in [2.45, 2.75) is 81.8 Å². The third-order valence-electron chi connectivity index (χ3n) is 13.1. The number of ketones is 1. The fourth-order valence-corrected chi connectivity index (χ4v) is 13.1. The van der Waals surface area contributed by atoms with Gasteiger partial charge in [-0.1, -0.05) is 74.2 Å². The summed E-state index contributed by atoms with van der Waals surface area (Å²) < 4.78 is 7.78. The molecule has 3 fully saturated rings. The van der Waals surface area contributed by atoms with Crippen LogP contribution in [0.15, 0.2) is 76.7 Å². The van der Waals surface area contributed by atoms with E-state index in [4.69, 9.17) is 9.72 Å². The van der Waals surface area contributed by atoms with Crippen LogP contribution in [-0.4, -0.2) is 45.0 Å². The van der Waals surface area contributed by atoms with Gasteiger partial charge >= 0.3 is 0 Å². The van der Waals surface area contributed by atoms with Crippen LogP contribution in [0.4, 0.5) is 0 Å². The number of aliphatic hydroxyl groups excluding tert-OH is 1. The molecule has 7 heteroatoms. The molecule has 3 saturated carbocycles. The van der Waals surface area contributed by atoms with E-state index in [1.54, 1.807) is 23.1 Å². The molecule has 2 spiro atoms. The van der Waals surface area contributed by atoms with Crippen LogP contribution in [0.5, 0.6) is 5.75 Å². The number of rotatable bonds is 7. The maximum atomic E-state index is 14.6. The number of hydrogen-bond donors (Lipinski definition) is 2. The molecule has 0 radical (unpaired) electrons. The van der Waals surface area contributed by atoms with E-state index in [0.717, 1.165) is 70.0 Å². The van der Waals surface area contributed by atoms with Crippen LogP contribution in [0.25, 0.3) is 10.2 Å². The molecule has 2 aromatic carbocycles. The van der Waals surface area contributed by atoms with Crippen LogP contribution < -0.4 is 4.74 Å². The van der Waals surface area contributed by atoms with Gasteiger partial charge in [-0.15, -0.1) is 11.3 Å². The molecule has 3 aromatic rings. The summed E-state index contributed by atoms with van der Waals surface area (Å²) in [5, 5.41) is 23.6. The molecule has 6 aliphatic rings. The standard InChI is InChI=1S/C38H43NO4S2/c1-4-43-26-10-11-28-29(20-26)45-33(39-28)44-23-37(42)17-14-31-35(37,3)16-13-30-34(2)15-12-25(40)21-36(34)18-19-38(30,31)27(22-36)32(41)24-8-6-5-7-9-24/h5-11,18-20,22,25,30-31,40,42H,4,12-17,21,23H2,1-3H3. The van der Waals surface area contributed by atoms with Gasteiger partial charge in [-0.05, 0) is 87.3 Å². The molecule has 9 rings (SSSR count). The average Bonchev–Trinajstić information content (AvgIpc) is 3.57. The highest BCUT2D eigenvalue weighted by Crippen LogP contribution is 2.78. The van der Waals surface area contributed by atoms with Crippen LogP contribution in [0.1, 0.15) is 76.1 Å². The fourth-order valence-electron chi connectivity index (χ4n) is 10.7. The van der Waals surface area contributed by atoms with Crippen LogP contribution >= 0.6 is 23.1 Å². The van der Waals surface area contributed by atoms with Crippen molar-refractivity contribution in [1.82, 2.24) is 4.98 Å². The zero-order valence-electron chi connectivity index (χ0n) is 26.4. The number of aliphatic hydroxyl groups is 2. The number of benzene rings is 2. The Bertz CT molecular complexity index is 1730. The van der Waals surface area contributed by atoms with Crippen molar-refractivity contribution in [3.8, 4) is 5.75 Å². The molecule has 236 valence electrons. The Kier molecular flexibility index (Phi) is 6.83. The van der Waals surface area contributed by atoms with Crippen molar-refractivity contribution in [1.29, 1.82) is 0 Å². The first-order chi connectivity index (χ1) is 21.6. The number of hydrogen-bond acceptors (Lipinski definition) is 7. The predicted molar refractivity (Wildman–Crippen MR) is 181 cm³/mol. The Labute approximate surface area is 274 Å². The molecular weight excluding hydrogens is 599 g/mol. The number of allylic oxidation sites excluding steroid dienone is 4. The van der Waals surface area contributed by atoms with Crippen LogP contribution in [0.2, 0.25) is 0 Å². The van der Waals surface area contributed by atoms with Gasteiger partial charge in [0.15, 0.2) is 10.1 Å². The van der Waals surface area contributed by atoms with Crippen molar-refractivity contribution in [3.63, 3.8) is 0 Å². The molecule has 6 aliphatic carbocycles. The first kappa shape index (κ1) is 29.9. The summed E-state index contributed by atoms with van der Waals surface area (Å²) in [5.74, 6) is 2.00. The molecule has 0 amide bonds. The van der Waals surface area contributed by atoms with Gasteiger partial charge in [-0.25, -0.2) is 4.98 Å². The quantitative estimate of drug-likeness (QED) is 0.154. The highest BCUT2D eigenvalue weighted by molar-refractivity contribution is 8.01. The number of thiazole rings is 1. The minimum atomic E-state index is -0.874. The second-order valence-electron chi connectivity index (χ2n) is 14.8. The monoisotopic (exact) mass is 641 g/mol. The van der Waals surface area contributed by atoms with E-state index >= 15 is 0 Å². The first-order valence-electron chi connectivity index (χ1n) is 16.7. The van der Waals surface area contributed by atoms with E-state index < -0.39 is 11.0 Å². The summed E-state index contributed by atoms with van der Waals surface area (Å²) in [7, 11) is 0. The van der Waals surface area contributed by atoms with Gasteiger partial charge in [0, 0.05) is 33.1 Å². The molecule has 2 bridgehead atoms. The largest absolute Gasteiger partial charge is 0.494 e.